The van der Waals surface area contributed by atoms with E-state index in [9.17, 15) is 4.79 Å². The predicted octanol–water partition coefficient (Wildman–Crippen LogP) is 2.68. The van der Waals surface area contributed by atoms with Crippen LogP contribution in [0.25, 0.3) is 0 Å². The molecule has 1 heterocycles. The maximum absolute atomic E-state index is 12.7. The minimum Gasteiger partial charge on any atom is -0.493 e. The van der Waals surface area contributed by atoms with E-state index in [1.165, 1.54) is 0 Å². The fourth-order valence-electron chi connectivity index (χ4n) is 2.49. The molecular formula is C16H23BrN2O3. The number of amides is 1. The standard InChI is InChI=1S/C16H23BrN2O3/c1-4-7-22-15-13(17)8-12(9-14(15)21-3)16(20)19-6-5-18-11(2)10-19/h8-9,11,18H,4-7,10H2,1-3H3. The molecule has 0 radical (unpaired) electrons. The summed E-state index contributed by atoms with van der Waals surface area (Å²) in [6, 6.07) is 3.88. The average Bonchev–Trinajstić information content (AvgIpc) is 2.52. The number of carbonyl (C=O) groups is 1. The molecule has 6 heteroatoms. The van der Waals surface area contributed by atoms with Crippen LogP contribution in [0.5, 0.6) is 11.5 Å². The van der Waals surface area contributed by atoms with E-state index in [2.05, 4.69) is 28.2 Å². The van der Waals surface area contributed by atoms with Crippen LogP contribution in [0.2, 0.25) is 0 Å². The molecule has 1 unspecified atom stereocenters. The van der Waals surface area contributed by atoms with Crippen LogP contribution >= 0.6 is 15.9 Å². The molecule has 1 aliphatic heterocycles. The van der Waals surface area contributed by atoms with Gasteiger partial charge in [-0.15, -0.1) is 0 Å². The summed E-state index contributed by atoms with van der Waals surface area (Å²) in [5.41, 5.74) is 0.613. The highest BCUT2D eigenvalue weighted by atomic mass is 79.9. The molecule has 5 nitrogen and oxygen atoms in total. The number of carbonyl (C=O) groups excluding carboxylic acids is 1. The maximum atomic E-state index is 12.7. The quantitative estimate of drug-likeness (QED) is 0.865. The van der Waals surface area contributed by atoms with Crippen LogP contribution in [-0.4, -0.2) is 50.2 Å². The summed E-state index contributed by atoms with van der Waals surface area (Å²) < 4.78 is 11.8. The highest BCUT2D eigenvalue weighted by Gasteiger charge is 2.23. The van der Waals surface area contributed by atoms with Gasteiger partial charge < -0.3 is 19.7 Å². The lowest BCUT2D eigenvalue weighted by atomic mass is 10.1. The van der Waals surface area contributed by atoms with Crippen molar-refractivity contribution in [2.45, 2.75) is 26.3 Å². The third kappa shape index (κ3) is 3.93. The minimum absolute atomic E-state index is 0.0226. The number of hydrogen-bond donors (Lipinski definition) is 1. The van der Waals surface area contributed by atoms with Crippen LogP contribution in [-0.2, 0) is 0 Å². The third-order valence-corrected chi connectivity index (χ3v) is 4.17. The van der Waals surface area contributed by atoms with E-state index >= 15 is 0 Å². The van der Waals surface area contributed by atoms with Crippen molar-refractivity contribution in [1.29, 1.82) is 0 Å². The number of methoxy groups -OCH3 is 1. The van der Waals surface area contributed by atoms with Crippen molar-refractivity contribution in [1.82, 2.24) is 10.2 Å². The lowest BCUT2D eigenvalue weighted by molar-refractivity contribution is 0.0708. The Hall–Kier alpha value is -1.27. The van der Waals surface area contributed by atoms with Crippen LogP contribution in [0.1, 0.15) is 30.6 Å². The minimum atomic E-state index is 0.0226. The largest absolute Gasteiger partial charge is 0.493 e. The van der Waals surface area contributed by atoms with E-state index in [1.54, 1.807) is 13.2 Å². The van der Waals surface area contributed by atoms with Crippen molar-refractivity contribution in [3.8, 4) is 11.5 Å². The molecule has 0 spiro atoms. The second kappa shape index (κ2) is 7.83. The monoisotopic (exact) mass is 370 g/mol. The molecule has 0 bridgehead atoms. The van der Waals surface area contributed by atoms with Gasteiger partial charge in [-0.25, -0.2) is 0 Å². The number of ether oxygens (including phenoxy) is 2. The second-order valence-electron chi connectivity index (χ2n) is 5.44. The zero-order chi connectivity index (χ0) is 16.1. The molecule has 0 aromatic heterocycles. The first kappa shape index (κ1) is 17.1. The molecule has 1 aliphatic rings. The van der Waals surface area contributed by atoms with Crippen molar-refractivity contribution < 1.29 is 14.3 Å². The third-order valence-electron chi connectivity index (χ3n) is 3.58. The summed E-state index contributed by atoms with van der Waals surface area (Å²) in [5, 5.41) is 3.34. The number of nitrogens with one attached hydrogen (secondary N) is 1. The molecule has 1 aromatic rings. The van der Waals surface area contributed by atoms with Gasteiger partial charge in [0.25, 0.3) is 5.91 Å². The summed E-state index contributed by atoms with van der Waals surface area (Å²) in [6.45, 7) is 6.99. The zero-order valence-corrected chi connectivity index (χ0v) is 14.9. The Kier molecular flexibility index (Phi) is 6.08. The first-order valence-electron chi connectivity index (χ1n) is 7.59. The molecule has 1 fully saturated rings. The van der Waals surface area contributed by atoms with Crippen LogP contribution < -0.4 is 14.8 Å². The molecule has 0 aliphatic carbocycles. The van der Waals surface area contributed by atoms with Gasteiger partial charge in [-0.2, -0.15) is 0 Å². The number of hydrogen-bond acceptors (Lipinski definition) is 4. The molecule has 122 valence electrons. The van der Waals surface area contributed by atoms with Crippen molar-refractivity contribution >= 4 is 21.8 Å². The summed E-state index contributed by atoms with van der Waals surface area (Å²) in [4.78, 5) is 14.5. The second-order valence-corrected chi connectivity index (χ2v) is 6.30. The van der Waals surface area contributed by atoms with Gasteiger partial charge in [-0.05, 0) is 41.4 Å². The molecule has 22 heavy (non-hydrogen) atoms. The number of halogens is 1. The summed E-state index contributed by atoms with van der Waals surface area (Å²) >= 11 is 3.49. The first-order valence-corrected chi connectivity index (χ1v) is 8.39. The number of benzene rings is 1. The van der Waals surface area contributed by atoms with Crippen LogP contribution in [0.15, 0.2) is 16.6 Å². The Morgan fingerprint density at radius 1 is 1.50 bits per heavy atom. The van der Waals surface area contributed by atoms with Crippen molar-refractivity contribution in [2.24, 2.45) is 0 Å². The van der Waals surface area contributed by atoms with E-state index in [0.717, 1.165) is 24.0 Å². The first-order chi connectivity index (χ1) is 10.6. The molecule has 2 rings (SSSR count). The Bertz CT molecular complexity index is 536. The number of piperazine rings is 1. The Balaban J connectivity index is 2.24. The van der Waals surface area contributed by atoms with E-state index in [0.29, 0.717) is 36.3 Å². The van der Waals surface area contributed by atoms with Crippen LogP contribution in [0.3, 0.4) is 0 Å². The zero-order valence-electron chi connectivity index (χ0n) is 13.3. The van der Waals surface area contributed by atoms with E-state index in [-0.39, 0.29) is 5.91 Å². The van der Waals surface area contributed by atoms with E-state index < -0.39 is 0 Å². The van der Waals surface area contributed by atoms with Crippen LogP contribution in [0, 0.1) is 0 Å². The average molecular weight is 371 g/mol. The van der Waals surface area contributed by atoms with Crippen molar-refractivity contribution in [2.75, 3.05) is 33.4 Å². The molecule has 1 N–H and O–H groups in total. The van der Waals surface area contributed by atoms with Gasteiger partial charge in [-0.1, -0.05) is 6.92 Å². The highest BCUT2D eigenvalue weighted by molar-refractivity contribution is 9.10. The van der Waals surface area contributed by atoms with E-state index in [4.69, 9.17) is 9.47 Å². The van der Waals surface area contributed by atoms with Gasteiger partial charge in [-0.3, -0.25) is 4.79 Å². The fraction of sp³-hybridized carbons (Fsp3) is 0.562. The maximum Gasteiger partial charge on any atom is 0.254 e. The lowest BCUT2D eigenvalue weighted by Crippen LogP contribution is -2.51. The van der Waals surface area contributed by atoms with Gasteiger partial charge in [0.1, 0.15) is 0 Å². The van der Waals surface area contributed by atoms with Gasteiger partial charge in [0.2, 0.25) is 0 Å². The van der Waals surface area contributed by atoms with Gasteiger partial charge in [0, 0.05) is 31.2 Å². The van der Waals surface area contributed by atoms with Gasteiger partial charge in [0.15, 0.2) is 11.5 Å². The molecule has 1 amide bonds. The topological polar surface area (TPSA) is 50.8 Å². The molecule has 1 aromatic carbocycles. The summed E-state index contributed by atoms with van der Waals surface area (Å²) in [7, 11) is 1.59. The Morgan fingerprint density at radius 2 is 2.27 bits per heavy atom. The van der Waals surface area contributed by atoms with Crippen molar-refractivity contribution in [3.63, 3.8) is 0 Å². The number of rotatable bonds is 5. The normalized spacial score (nSPS) is 18.2. The van der Waals surface area contributed by atoms with Crippen molar-refractivity contribution in [3.05, 3.63) is 22.2 Å². The molecule has 1 atom stereocenters. The Labute approximate surface area is 140 Å². The molecule has 0 saturated carbocycles. The lowest BCUT2D eigenvalue weighted by Gasteiger charge is -2.32. The summed E-state index contributed by atoms with van der Waals surface area (Å²) in [6.07, 6.45) is 0.912. The highest BCUT2D eigenvalue weighted by Crippen LogP contribution is 2.37. The Morgan fingerprint density at radius 3 is 2.91 bits per heavy atom. The van der Waals surface area contributed by atoms with Gasteiger partial charge >= 0.3 is 0 Å². The predicted molar refractivity (Wildman–Crippen MR) is 89.8 cm³/mol. The molecule has 1 saturated heterocycles. The summed E-state index contributed by atoms with van der Waals surface area (Å²) in [5.74, 6) is 1.25. The fourth-order valence-corrected chi connectivity index (χ4v) is 3.04. The van der Waals surface area contributed by atoms with E-state index in [1.807, 2.05) is 17.9 Å². The number of nitrogens with zero attached hydrogens (tertiary/aromatic N) is 1. The smallest absolute Gasteiger partial charge is 0.254 e. The SMILES string of the molecule is CCCOc1c(Br)cc(C(=O)N2CCNC(C)C2)cc1OC. The van der Waals surface area contributed by atoms with Crippen LogP contribution in [0.4, 0.5) is 0 Å². The molecular weight excluding hydrogens is 348 g/mol. The van der Waals surface area contributed by atoms with Gasteiger partial charge in [0.05, 0.1) is 18.2 Å².